The lowest BCUT2D eigenvalue weighted by molar-refractivity contribution is -0.139. The summed E-state index contributed by atoms with van der Waals surface area (Å²) in [6.45, 7) is 8.28. The van der Waals surface area contributed by atoms with Crippen LogP contribution in [0.3, 0.4) is 0 Å². The summed E-state index contributed by atoms with van der Waals surface area (Å²) in [6.07, 6.45) is 1.35. The van der Waals surface area contributed by atoms with Gasteiger partial charge in [0.2, 0.25) is 11.8 Å². The van der Waals surface area contributed by atoms with Gasteiger partial charge in [-0.1, -0.05) is 67.4 Å². The summed E-state index contributed by atoms with van der Waals surface area (Å²) in [5.74, 6) is 0.845. The molecule has 0 heterocycles. The number of halogens is 2. The van der Waals surface area contributed by atoms with E-state index in [2.05, 4.69) is 24.4 Å². The van der Waals surface area contributed by atoms with Crippen LogP contribution in [0.2, 0.25) is 10.0 Å². The van der Waals surface area contributed by atoms with E-state index in [9.17, 15) is 9.59 Å². The van der Waals surface area contributed by atoms with Gasteiger partial charge in [-0.25, -0.2) is 0 Å². The maximum Gasteiger partial charge on any atom is 0.243 e. The van der Waals surface area contributed by atoms with E-state index in [1.54, 1.807) is 28.8 Å². The van der Waals surface area contributed by atoms with Crippen molar-refractivity contribution in [2.45, 2.75) is 64.9 Å². The Balaban J connectivity index is 2.18. The second-order valence-corrected chi connectivity index (χ2v) is 9.73. The van der Waals surface area contributed by atoms with E-state index in [4.69, 9.17) is 23.2 Å². The largest absolute Gasteiger partial charge is 0.352 e. The van der Waals surface area contributed by atoms with Crippen LogP contribution in [-0.4, -0.2) is 34.6 Å². The molecule has 0 bridgehead atoms. The standard InChI is InChI=1S/C25H32Cl2N2O2S/c1-5-18(4)28-25(31)23(6-2)29(14-19-11-12-21(26)22(27)13-19)24(30)16-32-15-20-10-8-7-9-17(20)3/h7-13,18,23H,5-6,14-16H2,1-4H3,(H,28,31)/t18-,23-/m0/s1. The molecule has 0 spiro atoms. The van der Waals surface area contributed by atoms with Crippen molar-refractivity contribution in [1.82, 2.24) is 10.2 Å². The minimum atomic E-state index is -0.551. The van der Waals surface area contributed by atoms with Gasteiger partial charge in [-0.05, 0) is 55.5 Å². The van der Waals surface area contributed by atoms with Gasteiger partial charge in [0.25, 0.3) is 0 Å². The molecule has 2 atom stereocenters. The smallest absolute Gasteiger partial charge is 0.243 e. The molecule has 0 aliphatic carbocycles. The number of benzene rings is 2. The van der Waals surface area contributed by atoms with E-state index in [0.29, 0.717) is 28.8 Å². The highest BCUT2D eigenvalue weighted by Gasteiger charge is 2.29. The van der Waals surface area contributed by atoms with E-state index in [0.717, 1.165) is 17.7 Å². The number of nitrogens with zero attached hydrogens (tertiary/aromatic N) is 1. The monoisotopic (exact) mass is 494 g/mol. The third kappa shape index (κ3) is 7.72. The Morgan fingerprint density at radius 1 is 1.06 bits per heavy atom. The molecule has 32 heavy (non-hydrogen) atoms. The van der Waals surface area contributed by atoms with Crippen LogP contribution in [0.4, 0.5) is 0 Å². The lowest BCUT2D eigenvalue weighted by Crippen LogP contribution is -2.51. The summed E-state index contributed by atoms with van der Waals surface area (Å²) >= 11 is 13.8. The highest BCUT2D eigenvalue weighted by Crippen LogP contribution is 2.25. The molecular weight excluding hydrogens is 463 g/mol. The minimum absolute atomic E-state index is 0.0499. The molecule has 0 aromatic heterocycles. The first-order chi connectivity index (χ1) is 15.3. The Labute approximate surface area is 206 Å². The predicted molar refractivity (Wildman–Crippen MR) is 136 cm³/mol. The fourth-order valence-corrected chi connectivity index (χ4v) is 4.61. The lowest BCUT2D eigenvalue weighted by Gasteiger charge is -2.31. The summed E-state index contributed by atoms with van der Waals surface area (Å²) in [5.41, 5.74) is 3.26. The highest BCUT2D eigenvalue weighted by atomic mass is 35.5. The van der Waals surface area contributed by atoms with Crippen LogP contribution < -0.4 is 5.32 Å². The van der Waals surface area contributed by atoms with Crippen molar-refractivity contribution in [3.8, 4) is 0 Å². The number of nitrogens with one attached hydrogen (secondary N) is 1. The molecule has 0 aliphatic rings. The van der Waals surface area contributed by atoms with E-state index >= 15 is 0 Å². The number of hydrogen-bond acceptors (Lipinski definition) is 3. The summed E-state index contributed by atoms with van der Waals surface area (Å²) in [4.78, 5) is 28.0. The highest BCUT2D eigenvalue weighted by molar-refractivity contribution is 7.99. The Morgan fingerprint density at radius 2 is 1.78 bits per heavy atom. The second-order valence-electron chi connectivity index (χ2n) is 7.93. The average Bonchev–Trinajstić information content (AvgIpc) is 2.77. The molecular formula is C25H32Cl2N2O2S. The third-order valence-electron chi connectivity index (χ3n) is 5.47. The Bertz CT molecular complexity index is 923. The topological polar surface area (TPSA) is 49.4 Å². The molecule has 1 N–H and O–H groups in total. The van der Waals surface area contributed by atoms with Crippen molar-refractivity contribution < 1.29 is 9.59 Å². The van der Waals surface area contributed by atoms with Crippen LogP contribution in [-0.2, 0) is 21.9 Å². The van der Waals surface area contributed by atoms with Crippen LogP contribution in [0.1, 0.15) is 50.3 Å². The summed E-state index contributed by atoms with van der Waals surface area (Å²) in [5, 5.41) is 3.92. The van der Waals surface area contributed by atoms with Gasteiger partial charge in [-0.15, -0.1) is 11.8 Å². The van der Waals surface area contributed by atoms with Gasteiger partial charge in [0.15, 0.2) is 0 Å². The van der Waals surface area contributed by atoms with Gasteiger partial charge in [0, 0.05) is 18.3 Å². The van der Waals surface area contributed by atoms with E-state index in [1.807, 2.05) is 39.0 Å². The first kappa shape index (κ1) is 26.6. The van der Waals surface area contributed by atoms with Crippen LogP contribution in [0.15, 0.2) is 42.5 Å². The molecule has 0 saturated carbocycles. The van der Waals surface area contributed by atoms with E-state index < -0.39 is 6.04 Å². The Hall–Kier alpha value is -1.69. The maximum absolute atomic E-state index is 13.3. The minimum Gasteiger partial charge on any atom is -0.352 e. The molecule has 0 unspecified atom stereocenters. The first-order valence-electron chi connectivity index (χ1n) is 10.9. The summed E-state index contributed by atoms with van der Waals surface area (Å²) < 4.78 is 0. The Kier molecular flexibility index (Phi) is 10.9. The number of thioether (sulfide) groups is 1. The maximum atomic E-state index is 13.3. The second kappa shape index (κ2) is 13.1. The van der Waals surface area contributed by atoms with Crippen molar-refractivity contribution in [2.75, 3.05) is 5.75 Å². The van der Waals surface area contributed by atoms with Gasteiger partial charge in [0.1, 0.15) is 6.04 Å². The third-order valence-corrected chi connectivity index (χ3v) is 7.17. The lowest BCUT2D eigenvalue weighted by atomic mass is 10.1. The molecule has 2 rings (SSSR count). The molecule has 2 aromatic rings. The number of rotatable bonds is 11. The van der Waals surface area contributed by atoms with Gasteiger partial charge < -0.3 is 10.2 Å². The normalized spacial score (nSPS) is 12.8. The Morgan fingerprint density at radius 3 is 2.41 bits per heavy atom. The van der Waals surface area contributed by atoms with E-state index in [-0.39, 0.29) is 17.9 Å². The fraction of sp³-hybridized carbons (Fsp3) is 0.440. The van der Waals surface area contributed by atoms with Gasteiger partial charge >= 0.3 is 0 Å². The number of amides is 2. The number of hydrogen-bond donors (Lipinski definition) is 1. The fourth-order valence-electron chi connectivity index (χ4n) is 3.30. The molecule has 174 valence electrons. The zero-order valence-electron chi connectivity index (χ0n) is 19.2. The zero-order chi connectivity index (χ0) is 23.7. The molecule has 0 fully saturated rings. The van der Waals surface area contributed by atoms with Crippen molar-refractivity contribution in [3.63, 3.8) is 0 Å². The molecule has 0 saturated heterocycles. The predicted octanol–water partition coefficient (Wildman–Crippen LogP) is 6.26. The molecule has 2 aromatic carbocycles. The summed E-state index contributed by atoms with van der Waals surface area (Å²) in [7, 11) is 0. The number of carbonyl (C=O) groups excluding carboxylic acids is 2. The van der Waals surface area contributed by atoms with Crippen molar-refractivity contribution in [1.29, 1.82) is 0 Å². The molecule has 2 amide bonds. The van der Waals surface area contributed by atoms with Gasteiger partial charge in [0.05, 0.1) is 15.8 Å². The van der Waals surface area contributed by atoms with Crippen LogP contribution in [0.5, 0.6) is 0 Å². The average molecular weight is 496 g/mol. The molecule has 7 heteroatoms. The van der Waals surface area contributed by atoms with Crippen LogP contribution in [0.25, 0.3) is 0 Å². The van der Waals surface area contributed by atoms with Crippen LogP contribution in [0, 0.1) is 6.92 Å². The quantitative estimate of drug-likeness (QED) is 0.401. The zero-order valence-corrected chi connectivity index (χ0v) is 21.5. The molecule has 4 nitrogen and oxygen atoms in total. The number of aryl methyl sites for hydroxylation is 1. The van der Waals surface area contributed by atoms with Gasteiger partial charge in [-0.2, -0.15) is 0 Å². The number of carbonyl (C=O) groups is 2. The van der Waals surface area contributed by atoms with Gasteiger partial charge in [-0.3, -0.25) is 9.59 Å². The van der Waals surface area contributed by atoms with Crippen LogP contribution >= 0.6 is 35.0 Å². The SMILES string of the molecule is CC[C@H](C)NC(=O)[C@H](CC)N(Cc1ccc(Cl)c(Cl)c1)C(=O)CSCc1ccccc1C. The first-order valence-corrected chi connectivity index (χ1v) is 12.8. The van der Waals surface area contributed by atoms with E-state index in [1.165, 1.54) is 11.1 Å². The van der Waals surface area contributed by atoms with Crippen molar-refractivity contribution in [3.05, 3.63) is 69.2 Å². The van der Waals surface area contributed by atoms with Crippen molar-refractivity contribution in [2.24, 2.45) is 0 Å². The van der Waals surface area contributed by atoms with Crippen molar-refractivity contribution >= 4 is 46.8 Å². The molecule has 0 radical (unpaired) electrons. The summed E-state index contributed by atoms with van der Waals surface area (Å²) in [6, 6.07) is 13.0. The molecule has 0 aliphatic heterocycles.